The number of ether oxygens (including phenoxy) is 1. The van der Waals surface area contributed by atoms with Crippen LogP contribution in [-0.2, 0) is 0 Å². The van der Waals surface area contributed by atoms with E-state index in [1.54, 1.807) is 13.2 Å². The number of para-hydroxylation sites is 1. The van der Waals surface area contributed by atoms with Gasteiger partial charge in [0.2, 0.25) is 0 Å². The molecule has 0 unspecified atom stereocenters. The fraction of sp³-hybridized carbons (Fsp3) is 0.500. The highest BCUT2D eigenvalue weighted by molar-refractivity contribution is 8.00. The standard InChI is InChI=1S/C18H19NO3S2/c1-22-11-4-2-3-10(14(11)20)13-12-8-5-6-9(7-8)15(12)23-17-16(13)24-18(21)19-17/h2-4,8-9,12-13,15,20H,5-7H2,1H3,(H,19,21)/t8-,9+,12-,13-,15-/m0/s1. The molecule has 1 aromatic carbocycles. The predicted molar refractivity (Wildman–Crippen MR) is 95.4 cm³/mol. The zero-order valence-electron chi connectivity index (χ0n) is 13.3. The second-order valence-electron chi connectivity index (χ2n) is 7.08. The molecule has 2 bridgehead atoms. The van der Waals surface area contributed by atoms with Crippen LogP contribution in [0, 0.1) is 17.8 Å². The number of benzene rings is 1. The number of phenols is 1. The molecular formula is C18H19NO3S2. The number of aromatic nitrogens is 1. The van der Waals surface area contributed by atoms with Gasteiger partial charge in [-0.05, 0) is 43.1 Å². The molecule has 2 N–H and O–H groups in total. The Kier molecular flexibility index (Phi) is 3.29. The summed E-state index contributed by atoms with van der Waals surface area (Å²) in [5.74, 6) is 2.79. The minimum atomic E-state index is 0.00667. The third-order valence-corrected chi connectivity index (χ3v) is 8.67. The summed E-state index contributed by atoms with van der Waals surface area (Å²) in [6.07, 6.45) is 3.88. The van der Waals surface area contributed by atoms with Gasteiger partial charge >= 0.3 is 4.87 Å². The van der Waals surface area contributed by atoms with Gasteiger partial charge < -0.3 is 14.8 Å². The van der Waals surface area contributed by atoms with E-state index >= 15 is 0 Å². The van der Waals surface area contributed by atoms with Gasteiger partial charge in [0.25, 0.3) is 0 Å². The molecular weight excluding hydrogens is 342 g/mol. The average molecular weight is 361 g/mol. The van der Waals surface area contributed by atoms with Crippen LogP contribution >= 0.6 is 23.1 Å². The number of aromatic amines is 1. The summed E-state index contributed by atoms with van der Waals surface area (Å²) >= 11 is 3.18. The number of nitrogens with one attached hydrogen (secondary N) is 1. The lowest BCUT2D eigenvalue weighted by molar-refractivity contribution is 0.300. The van der Waals surface area contributed by atoms with Crippen molar-refractivity contribution >= 4 is 23.1 Å². The molecule has 0 spiro atoms. The van der Waals surface area contributed by atoms with E-state index < -0.39 is 0 Å². The summed E-state index contributed by atoms with van der Waals surface area (Å²) in [7, 11) is 1.58. The van der Waals surface area contributed by atoms with Crippen LogP contribution in [0.5, 0.6) is 11.5 Å². The summed E-state index contributed by atoms with van der Waals surface area (Å²) in [5.41, 5.74) is 0.911. The monoisotopic (exact) mass is 361 g/mol. The maximum Gasteiger partial charge on any atom is 0.305 e. The van der Waals surface area contributed by atoms with Crippen molar-refractivity contribution in [3.63, 3.8) is 0 Å². The van der Waals surface area contributed by atoms with Crippen LogP contribution in [0.15, 0.2) is 28.0 Å². The van der Waals surface area contributed by atoms with E-state index in [4.69, 9.17) is 4.74 Å². The number of hydrogen-bond acceptors (Lipinski definition) is 5. The summed E-state index contributed by atoms with van der Waals surface area (Å²) in [4.78, 5) is 16.1. The smallest absolute Gasteiger partial charge is 0.305 e. The van der Waals surface area contributed by atoms with Gasteiger partial charge in [-0.15, -0.1) is 11.8 Å². The van der Waals surface area contributed by atoms with E-state index in [1.165, 1.54) is 30.6 Å². The first kappa shape index (κ1) is 14.9. The van der Waals surface area contributed by atoms with Crippen LogP contribution < -0.4 is 9.61 Å². The van der Waals surface area contributed by atoms with Crippen molar-refractivity contribution in [2.45, 2.75) is 35.5 Å². The number of hydrogen-bond donors (Lipinski definition) is 2. The third kappa shape index (κ3) is 1.96. The Morgan fingerprint density at radius 2 is 2.12 bits per heavy atom. The molecule has 0 saturated heterocycles. The zero-order chi connectivity index (χ0) is 16.4. The minimum Gasteiger partial charge on any atom is -0.504 e. The minimum absolute atomic E-state index is 0.00667. The molecule has 1 aliphatic heterocycles. The van der Waals surface area contributed by atoms with E-state index in [0.29, 0.717) is 22.8 Å². The molecule has 0 radical (unpaired) electrons. The van der Waals surface area contributed by atoms with Gasteiger partial charge in [0.1, 0.15) is 0 Å². The van der Waals surface area contributed by atoms with E-state index in [9.17, 15) is 9.90 Å². The van der Waals surface area contributed by atoms with E-state index in [1.807, 2.05) is 23.9 Å². The van der Waals surface area contributed by atoms with Crippen LogP contribution in [0.4, 0.5) is 0 Å². The first-order valence-electron chi connectivity index (χ1n) is 8.43. The second-order valence-corrected chi connectivity index (χ2v) is 9.28. The number of thioether (sulfide) groups is 1. The maximum absolute atomic E-state index is 12.0. The molecule has 2 fully saturated rings. The first-order valence-corrected chi connectivity index (χ1v) is 10.1. The summed E-state index contributed by atoms with van der Waals surface area (Å²) in [5, 5.41) is 12.3. The molecule has 2 aromatic rings. The Morgan fingerprint density at radius 1 is 1.29 bits per heavy atom. The van der Waals surface area contributed by atoms with Gasteiger partial charge in [0.05, 0.1) is 12.1 Å². The Hall–Kier alpha value is -1.40. The Balaban J connectivity index is 1.71. The highest BCUT2D eigenvalue weighted by atomic mass is 32.2. The van der Waals surface area contributed by atoms with Gasteiger partial charge in [0.15, 0.2) is 11.5 Å². The molecule has 3 aliphatic rings. The molecule has 2 heterocycles. The lowest BCUT2D eigenvalue weighted by atomic mass is 9.74. The summed E-state index contributed by atoms with van der Waals surface area (Å²) in [6, 6.07) is 5.72. The van der Waals surface area contributed by atoms with Crippen molar-refractivity contribution in [2.75, 3.05) is 7.11 Å². The van der Waals surface area contributed by atoms with Crippen molar-refractivity contribution in [1.82, 2.24) is 4.98 Å². The van der Waals surface area contributed by atoms with E-state index in [2.05, 4.69) is 4.98 Å². The molecule has 4 nitrogen and oxygen atoms in total. The highest BCUT2D eigenvalue weighted by Gasteiger charge is 2.55. The topological polar surface area (TPSA) is 62.3 Å². The number of fused-ring (bicyclic) bond motifs is 6. The van der Waals surface area contributed by atoms with Crippen molar-refractivity contribution in [3.8, 4) is 11.5 Å². The third-order valence-electron chi connectivity index (χ3n) is 6.05. The predicted octanol–water partition coefficient (Wildman–Crippen LogP) is 3.80. The lowest BCUT2D eigenvalue weighted by Crippen LogP contribution is -2.33. The summed E-state index contributed by atoms with van der Waals surface area (Å²) < 4.78 is 5.32. The van der Waals surface area contributed by atoms with Gasteiger partial charge in [-0.3, -0.25) is 4.79 Å². The van der Waals surface area contributed by atoms with Crippen molar-refractivity contribution in [2.24, 2.45) is 17.8 Å². The SMILES string of the molecule is COc1cccc([C@@H]2c3sc(=O)[nH]c3S[C@H]3[C@@H]4CC[C@@H](C4)[C@@H]23)c1O. The number of thiazole rings is 1. The lowest BCUT2D eigenvalue weighted by Gasteiger charge is -2.40. The zero-order valence-corrected chi connectivity index (χ0v) is 15.0. The molecule has 24 heavy (non-hydrogen) atoms. The van der Waals surface area contributed by atoms with Crippen LogP contribution in [0.2, 0.25) is 0 Å². The van der Waals surface area contributed by atoms with Gasteiger partial charge in [-0.2, -0.15) is 0 Å². The first-order chi connectivity index (χ1) is 11.7. The second kappa shape index (κ2) is 5.30. The molecule has 126 valence electrons. The largest absolute Gasteiger partial charge is 0.504 e. The normalized spacial score (nSPS) is 33.3. The fourth-order valence-electron chi connectivity index (χ4n) is 5.15. The van der Waals surface area contributed by atoms with Gasteiger partial charge in [0, 0.05) is 21.6 Å². The molecule has 1 aromatic heterocycles. The van der Waals surface area contributed by atoms with E-state index in [0.717, 1.165) is 21.4 Å². The Morgan fingerprint density at radius 3 is 2.96 bits per heavy atom. The number of aromatic hydroxyl groups is 1. The van der Waals surface area contributed by atoms with Crippen LogP contribution in [0.1, 0.15) is 35.6 Å². The maximum atomic E-state index is 12.0. The quantitative estimate of drug-likeness (QED) is 0.854. The van der Waals surface area contributed by atoms with Gasteiger partial charge in [-0.25, -0.2) is 0 Å². The number of rotatable bonds is 2. The van der Waals surface area contributed by atoms with Crippen LogP contribution in [0.3, 0.4) is 0 Å². The molecule has 6 heteroatoms. The Bertz CT molecular complexity index is 858. The Labute approximate surface area is 148 Å². The molecule has 2 aliphatic carbocycles. The van der Waals surface area contributed by atoms with Crippen LogP contribution in [-0.4, -0.2) is 22.5 Å². The highest BCUT2D eigenvalue weighted by Crippen LogP contribution is 2.64. The molecule has 5 rings (SSSR count). The molecule has 2 saturated carbocycles. The molecule has 0 amide bonds. The fourth-order valence-corrected chi connectivity index (χ4v) is 8.04. The summed E-state index contributed by atoms with van der Waals surface area (Å²) in [6.45, 7) is 0. The van der Waals surface area contributed by atoms with Crippen molar-refractivity contribution in [3.05, 3.63) is 38.3 Å². The van der Waals surface area contributed by atoms with Crippen molar-refractivity contribution in [1.29, 1.82) is 0 Å². The molecule has 5 atom stereocenters. The van der Waals surface area contributed by atoms with E-state index in [-0.39, 0.29) is 16.5 Å². The van der Waals surface area contributed by atoms with Gasteiger partial charge in [-0.1, -0.05) is 23.5 Å². The number of H-pyrrole nitrogens is 1. The van der Waals surface area contributed by atoms with Crippen molar-refractivity contribution < 1.29 is 9.84 Å². The van der Waals surface area contributed by atoms with Crippen LogP contribution in [0.25, 0.3) is 0 Å². The number of phenolic OH excluding ortho intramolecular Hbond substituents is 1. The number of methoxy groups -OCH3 is 1. The average Bonchev–Trinajstić information content (AvgIpc) is 3.26.